The molecule has 0 spiro atoms. The highest BCUT2D eigenvalue weighted by molar-refractivity contribution is 9.10. The Kier molecular flexibility index (Phi) is 4.67. The quantitative estimate of drug-likeness (QED) is 0.382. The lowest BCUT2D eigenvalue weighted by atomic mass is 10.1. The Bertz CT molecular complexity index is 1460. The van der Waals surface area contributed by atoms with E-state index in [4.69, 9.17) is 0 Å². The summed E-state index contributed by atoms with van der Waals surface area (Å²) in [4.78, 5) is 16.7. The Hall–Kier alpha value is -3.32. The highest BCUT2D eigenvalue weighted by atomic mass is 79.9. The molecule has 148 valence electrons. The summed E-state index contributed by atoms with van der Waals surface area (Å²) in [6.45, 7) is 0.438. The fraction of sp³-hybridized carbons (Fsp3) is 0.0870. The second-order valence-corrected chi connectivity index (χ2v) is 7.99. The molecule has 5 nitrogen and oxygen atoms in total. The number of halogens is 2. The van der Waals surface area contributed by atoms with Gasteiger partial charge in [0, 0.05) is 40.2 Å². The molecule has 0 bridgehead atoms. The van der Waals surface area contributed by atoms with Crippen molar-refractivity contribution in [3.05, 3.63) is 99.3 Å². The second kappa shape index (κ2) is 7.50. The molecule has 0 saturated heterocycles. The Balaban J connectivity index is 1.45. The summed E-state index contributed by atoms with van der Waals surface area (Å²) < 4.78 is 17.9. The summed E-state index contributed by atoms with van der Waals surface area (Å²) in [6.07, 6.45) is 4.25. The maximum absolute atomic E-state index is 13.7. The van der Waals surface area contributed by atoms with Crippen LogP contribution in [0.2, 0.25) is 0 Å². The number of fused-ring (bicyclic) bond motifs is 2. The van der Waals surface area contributed by atoms with Crippen LogP contribution in [0.1, 0.15) is 5.56 Å². The molecule has 5 aromatic rings. The lowest BCUT2D eigenvalue weighted by Crippen LogP contribution is -2.24. The normalized spacial score (nSPS) is 11.4. The van der Waals surface area contributed by atoms with Gasteiger partial charge >= 0.3 is 0 Å². The van der Waals surface area contributed by atoms with Crippen molar-refractivity contribution in [2.45, 2.75) is 13.0 Å². The Morgan fingerprint density at radius 3 is 2.77 bits per heavy atom. The zero-order valence-corrected chi connectivity index (χ0v) is 17.4. The van der Waals surface area contributed by atoms with Crippen molar-refractivity contribution in [3.63, 3.8) is 0 Å². The fourth-order valence-corrected chi connectivity index (χ4v) is 3.92. The smallest absolute Gasteiger partial charge is 0.266 e. The Labute approximate surface area is 179 Å². The van der Waals surface area contributed by atoms with Crippen molar-refractivity contribution in [3.8, 4) is 5.82 Å². The minimum Gasteiger partial charge on any atom is -0.300 e. The molecule has 0 amide bonds. The van der Waals surface area contributed by atoms with Gasteiger partial charge in [-0.1, -0.05) is 6.07 Å². The number of aryl methyl sites for hydroxylation is 2. The maximum atomic E-state index is 13.7. The van der Waals surface area contributed by atoms with Gasteiger partial charge in [0.1, 0.15) is 5.82 Å². The molecule has 3 heterocycles. The highest BCUT2D eigenvalue weighted by Crippen LogP contribution is 2.21. The molecule has 3 aromatic heterocycles. The van der Waals surface area contributed by atoms with Crippen LogP contribution in [0.4, 0.5) is 4.39 Å². The number of hydrogen-bond acceptors (Lipinski definition) is 3. The first-order valence-corrected chi connectivity index (χ1v) is 10.3. The van der Waals surface area contributed by atoms with Crippen LogP contribution < -0.4 is 5.56 Å². The van der Waals surface area contributed by atoms with E-state index in [1.54, 1.807) is 22.9 Å². The molecule has 0 aliphatic rings. The number of rotatable bonds is 4. The van der Waals surface area contributed by atoms with Crippen LogP contribution in [0, 0.1) is 5.82 Å². The van der Waals surface area contributed by atoms with Gasteiger partial charge in [-0.2, -0.15) is 5.10 Å². The largest absolute Gasteiger partial charge is 0.300 e. The second-order valence-electron chi connectivity index (χ2n) is 7.07. The average molecular weight is 463 g/mol. The van der Waals surface area contributed by atoms with E-state index in [-0.39, 0.29) is 11.4 Å². The molecule has 0 atom stereocenters. The third-order valence-electron chi connectivity index (χ3n) is 5.08. The molecule has 30 heavy (non-hydrogen) atoms. The summed E-state index contributed by atoms with van der Waals surface area (Å²) in [5.41, 5.74) is 2.55. The van der Waals surface area contributed by atoms with Gasteiger partial charge in [-0.3, -0.25) is 14.3 Å². The first-order chi connectivity index (χ1) is 14.6. The summed E-state index contributed by atoms with van der Waals surface area (Å²) in [5, 5.41) is 6.46. The van der Waals surface area contributed by atoms with Gasteiger partial charge < -0.3 is 0 Å². The van der Waals surface area contributed by atoms with Crippen LogP contribution in [0.25, 0.3) is 27.6 Å². The lowest BCUT2D eigenvalue weighted by Gasteiger charge is -2.09. The van der Waals surface area contributed by atoms with Gasteiger partial charge in [-0.25, -0.2) is 9.07 Å². The van der Waals surface area contributed by atoms with Gasteiger partial charge in [0.15, 0.2) is 5.82 Å². The van der Waals surface area contributed by atoms with Crippen molar-refractivity contribution in [1.82, 2.24) is 19.3 Å². The van der Waals surface area contributed by atoms with E-state index < -0.39 is 0 Å². The minimum atomic E-state index is -0.312. The average Bonchev–Trinajstić information content (AvgIpc) is 3.16. The number of aromatic nitrogens is 4. The van der Waals surface area contributed by atoms with Crippen LogP contribution in [0.15, 0.2) is 82.3 Å². The topological polar surface area (TPSA) is 52.7 Å². The zero-order valence-electron chi connectivity index (χ0n) is 15.8. The number of benzene rings is 2. The standard InChI is InChI=1S/C23H16BrFN4O/c24-18-12-17-11-15(1-4-20(17)26-14-18)7-10-29-23(30)6-5-22(27-29)28-9-8-16-2-3-19(25)13-21(16)28/h1-6,8-9,11-14H,7,10H2. The van der Waals surface area contributed by atoms with E-state index >= 15 is 0 Å². The molecular formula is C23H16BrFN4O. The van der Waals surface area contributed by atoms with E-state index in [9.17, 15) is 9.18 Å². The molecular weight excluding hydrogens is 447 g/mol. The van der Waals surface area contributed by atoms with Gasteiger partial charge in [-0.15, -0.1) is 0 Å². The molecule has 0 radical (unpaired) electrons. The summed E-state index contributed by atoms with van der Waals surface area (Å²) in [7, 11) is 0. The van der Waals surface area contributed by atoms with Crippen molar-refractivity contribution >= 4 is 37.7 Å². The molecule has 0 fully saturated rings. The molecule has 0 N–H and O–H groups in total. The molecule has 0 saturated carbocycles. The predicted molar refractivity (Wildman–Crippen MR) is 118 cm³/mol. The lowest BCUT2D eigenvalue weighted by molar-refractivity contribution is 0.572. The van der Waals surface area contributed by atoms with Crippen LogP contribution in [-0.2, 0) is 13.0 Å². The maximum Gasteiger partial charge on any atom is 0.266 e. The minimum absolute atomic E-state index is 0.174. The summed E-state index contributed by atoms with van der Waals surface area (Å²) in [6, 6.07) is 17.8. The van der Waals surface area contributed by atoms with Gasteiger partial charge in [0.25, 0.3) is 5.56 Å². The predicted octanol–water partition coefficient (Wildman–Crippen LogP) is 4.88. The Morgan fingerprint density at radius 2 is 1.87 bits per heavy atom. The van der Waals surface area contributed by atoms with Gasteiger partial charge in [0.2, 0.25) is 0 Å². The zero-order chi connectivity index (χ0) is 20.7. The SMILES string of the molecule is O=c1ccc(-n2ccc3ccc(F)cc32)nn1CCc1ccc2ncc(Br)cc2c1. The van der Waals surface area contributed by atoms with E-state index in [0.717, 1.165) is 26.3 Å². The number of hydrogen-bond donors (Lipinski definition) is 0. The fourth-order valence-electron chi connectivity index (χ4n) is 3.57. The number of nitrogens with zero attached hydrogens (tertiary/aromatic N) is 4. The first kappa shape index (κ1) is 18.7. The Morgan fingerprint density at radius 1 is 0.967 bits per heavy atom. The van der Waals surface area contributed by atoms with Gasteiger partial charge in [-0.05, 0) is 76.4 Å². The van der Waals surface area contributed by atoms with Crippen LogP contribution in [0.5, 0.6) is 0 Å². The molecule has 0 aliphatic carbocycles. The first-order valence-electron chi connectivity index (χ1n) is 9.46. The monoisotopic (exact) mass is 462 g/mol. The molecule has 0 unspecified atom stereocenters. The van der Waals surface area contributed by atoms with Crippen molar-refractivity contribution in [2.75, 3.05) is 0 Å². The third kappa shape index (κ3) is 3.52. The van der Waals surface area contributed by atoms with E-state index in [1.165, 1.54) is 22.9 Å². The molecule has 0 aliphatic heterocycles. The van der Waals surface area contributed by atoms with Crippen LogP contribution >= 0.6 is 15.9 Å². The van der Waals surface area contributed by atoms with Crippen LogP contribution in [0.3, 0.4) is 0 Å². The highest BCUT2D eigenvalue weighted by Gasteiger charge is 2.08. The van der Waals surface area contributed by atoms with E-state index in [1.807, 2.05) is 30.5 Å². The molecule has 2 aromatic carbocycles. The van der Waals surface area contributed by atoms with Crippen molar-refractivity contribution in [1.29, 1.82) is 0 Å². The van der Waals surface area contributed by atoms with Gasteiger partial charge in [0.05, 0.1) is 11.0 Å². The molecule has 5 rings (SSSR count). The number of pyridine rings is 1. The summed E-state index contributed by atoms with van der Waals surface area (Å²) in [5.74, 6) is 0.259. The van der Waals surface area contributed by atoms with Crippen LogP contribution in [-0.4, -0.2) is 19.3 Å². The third-order valence-corrected chi connectivity index (χ3v) is 5.51. The molecule has 7 heteroatoms. The van der Waals surface area contributed by atoms with Crippen molar-refractivity contribution < 1.29 is 4.39 Å². The van der Waals surface area contributed by atoms with Crippen molar-refractivity contribution in [2.24, 2.45) is 0 Å². The van der Waals surface area contributed by atoms with E-state index in [2.05, 4.69) is 32.1 Å². The summed E-state index contributed by atoms with van der Waals surface area (Å²) >= 11 is 3.45. The van der Waals surface area contributed by atoms with E-state index in [0.29, 0.717) is 24.3 Å².